The van der Waals surface area contributed by atoms with Crippen molar-refractivity contribution in [3.05, 3.63) is 89.6 Å². The Bertz CT molecular complexity index is 1100. The Kier molecular flexibility index (Phi) is 8.33. The summed E-state index contributed by atoms with van der Waals surface area (Å²) in [5.41, 5.74) is 4.17. The summed E-state index contributed by atoms with van der Waals surface area (Å²) in [5, 5.41) is 3.99. The van der Waals surface area contributed by atoms with E-state index >= 15 is 0 Å². The normalized spacial score (nSPS) is 14.1. The molecule has 6 nitrogen and oxygen atoms in total. The van der Waals surface area contributed by atoms with Crippen LogP contribution in [0.2, 0.25) is 0 Å². The number of hydrogen-bond acceptors (Lipinski definition) is 5. The van der Waals surface area contributed by atoms with Crippen LogP contribution in [0.25, 0.3) is 0 Å². The summed E-state index contributed by atoms with van der Waals surface area (Å²) < 4.78 is 0. The van der Waals surface area contributed by atoms with Gasteiger partial charge in [-0.15, -0.1) is 11.8 Å². The Morgan fingerprint density at radius 2 is 1.74 bits per heavy atom. The molecule has 1 saturated heterocycles. The molecule has 1 aliphatic rings. The van der Waals surface area contributed by atoms with E-state index < -0.39 is 0 Å². The Balaban J connectivity index is 1.20. The van der Waals surface area contributed by atoms with Crippen LogP contribution in [0, 0.1) is 6.92 Å². The first-order chi connectivity index (χ1) is 16.5. The topological polar surface area (TPSA) is 65.5 Å². The molecule has 1 fully saturated rings. The van der Waals surface area contributed by atoms with Crippen LogP contribution in [0.4, 0.5) is 5.69 Å². The van der Waals surface area contributed by atoms with E-state index in [9.17, 15) is 9.59 Å². The minimum Gasteiger partial charge on any atom is -0.340 e. The zero-order valence-corrected chi connectivity index (χ0v) is 20.3. The molecule has 7 heteroatoms. The van der Waals surface area contributed by atoms with Crippen LogP contribution >= 0.6 is 11.8 Å². The molecule has 4 rings (SSSR count). The second-order valence-corrected chi connectivity index (χ2v) is 9.52. The van der Waals surface area contributed by atoms with Gasteiger partial charge in [-0.3, -0.25) is 14.5 Å². The summed E-state index contributed by atoms with van der Waals surface area (Å²) in [6, 6.07) is 21.9. The number of carbonyl (C=O) groups excluding carboxylic acids is 2. The first-order valence-corrected chi connectivity index (χ1v) is 12.5. The largest absolute Gasteiger partial charge is 0.340 e. The first-order valence-electron chi connectivity index (χ1n) is 11.5. The smallest absolute Gasteiger partial charge is 0.238 e. The molecule has 0 radical (unpaired) electrons. The van der Waals surface area contributed by atoms with Crippen molar-refractivity contribution in [2.75, 3.05) is 38.0 Å². The minimum atomic E-state index is -0.0334. The highest BCUT2D eigenvalue weighted by atomic mass is 32.2. The van der Waals surface area contributed by atoms with Crippen molar-refractivity contribution in [3.8, 4) is 0 Å². The Labute approximate surface area is 205 Å². The van der Waals surface area contributed by atoms with Gasteiger partial charge in [-0.1, -0.05) is 48.0 Å². The molecule has 34 heavy (non-hydrogen) atoms. The summed E-state index contributed by atoms with van der Waals surface area (Å²) in [5.74, 6) is 0.904. The maximum Gasteiger partial charge on any atom is 0.238 e. The minimum absolute atomic E-state index is 0.0334. The van der Waals surface area contributed by atoms with Crippen LogP contribution in [0.1, 0.15) is 16.7 Å². The van der Waals surface area contributed by atoms with Gasteiger partial charge in [-0.2, -0.15) is 0 Å². The van der Waals surface area contributed by atoms with E-state index in [2.05, 4.69) is 21.3 Å². The van der Waals surface area contributed by atoms with Crippen LogP contribution in [-0.4, -0.2) is 59.3 Å². The Morgan fingerprint density at radius 3 is 2.47 bits per heavy atom. The fraction of sp³-hybridized carbons (Fsp3) is 0.296. The number of amides is 2. The molecule has 1 aromatic heterocycles. The molecule has 0 atom stereocenters. The van der Waals surface area contributed by atoms with E-state index in [-0.39, 0.29) is 11.8 Å². The van der Waals surface area contributed by atoms with Crippen LogP contribution in [-0.2, 0) is 21.8 Å². The molecule has 2 heterocycles. The van der Waals surface area contributed by atoms with Crippen LogP contribution < -0.4 is 5.32 Å². The van der Waals surface area contributed by atoms with Gasteiger partial charge >= 0.3 is 0 Å². The number of benzene rings is 2. The van der Waals surface area contributed by atoms with Crippen molar-refractivity contribution in [1.82, 2.24) is 14.8 Å². The van der Waals surface area contributed by atoms with E-state index in [1.165, 1.54) is 5.56 Å². The predicted molar refractivity (Wildman–Crippen MR) is 137 cm³/mol. The van der Waals surface area contributed by atoms with Gasteiger partial charge < -0.3 is 10.2 Å². The van der Waals surface area contributed by atoms with E-state index in [1.807, 2.05) is 72.5 Å². The molecule has 2 aromatic carbocycles. The van der Waals surface area contributed by atoms with Crippen LogP contribution in [0.3, 0.4) is 0 Å². The second-order valence-electron chi connectivity index (χ2n) is 8.52. The molecule has 1 N–H and O–H groups in total. The van der Waals surface area contributed by atoms with Gasteiger partial charge in [0.25, 0.3) is 0 Å². The average molecular weight is 475 g/mol. The number of carbonyl (C=O) groups is 2. The quantitative estimate of drug-likeness (QED) is 0.500. The highest BCUT2D eigenvalue weighted by Crippen LogP contribution is 2.22. The number of pyridine rings is 1. The number of nitrogens with zero attached hydrogens (tertiary/aromatic N) is 3. The van der Waals surface area contributed by atoms with Gasteiger partial charge in [0.2, 0.25) is 11.8 Å². The molecule has 1 aliphatic heterocycles. The van der Waals surface area contributed by atoms with Crippen molar-refractivity contribution in [1.29, 1.82) is 0 Å². The van der Waals surface area contributed by atoms with Crippen molar-refractivity contribution < 1.29 is 9.59 Å². The Morgan fingerprint density at radius 1 is 0.941 bits per heavy atom. The number of thioether (sulfide) groups is 1. The Hall–Kier alpha value is -3.16. The lowest BCUT2D eigenvalue weighted by molar-refractivity contribution is -0.132. The summed E-state index contributed by atoms with van der Waals surface area (Å²) >= 11 is 1.67. The van der Waals surface area contributed by atoms with Crippen LogP contribution in [0.5, 0.6) is 0 Å². The number of anilines is 1. The maximum absolute atomic E-state index is 12.6. The summed E-state index contributed by atoms with van der Waals surface area (Å²) in [4.78, 5) is 33.6. The number of rotatable bonds is 8. The molecule has 3 aromatic rings. The first kappa shape index (κ1) is 24.0. The summed E-state index contributed by atoms with van der Waals surface area (Å²) in [6.07, 6.45) is 2.22. The lowest BCUT2D eigenvalue weighted by Crippen LogP contribution is -2.50. The van der Waals surface area contributed by atoms with E-state index in [0.717, 1.165) is 27.6 Å². The third-order valence-corrected chi connectivity index (χ3v) is 6.82. The molecule has 0 unspecified atom stereocenters. The van der Waals surface area contributed by atoms with E-state index in [4.69, 9.17) is 0 Å². The van der Waals surface area contributed by atoms with Gasteiger partial charge in [0.1, 0.15) is 0 Å². The fourth-order valence-electron chi connectivity index (χ4n) is 3.88. The molecule has 176 valence electrons. The number of aromatic nitrogens is 1. The summed E-state index contributed by atoms with van der Waals surface area (Å²) in [6.45, 7) is 5.07. The highest BCUT2D eigenvalue weighted by molar-refractivity contribution is 7.98. The molecule has 0 spiro atoms. The van der Waals surface area contributed by atoms with Gasteiger partial charge in [-0.05, 0) is 42.3 Å². The number of hydrogen-bond donors (Lipinski definition) is 1. The summed E-state index contributed by atoms with van der Waals surface area (Å²) in [7, 11) is 0. The second kappa shape index (κ2) is 11.8. The number of nitrogens with one attached hydrogen (secondary N) is 1. The van der Waals surface area contributed by atoms with E-state index in [0.29, 0.717) is 39.1 Å². The van der Waals surface area contributed by atoms with E-state index in [1.54, 1.807) is 18.0 Å². The van der Waals surface area contributed by atoms with Crippen molar-refractivity contribution in [3.63, 3.8) is 0 Å². The highest BCUT2D eigenvalue weighted by Gasteiger charge is 2.22. The van der Waals surface area contributed by atoms with Gasteiger partial charge in [0.05, 0.1) is 18.0 Å². The molecule has 0 saturated carbocycles. The lowest BCUT2D eigenvalue weighted by atomic mass is 10.1. The molecule has 2 amide bonds. The average Bonchev–Trinajstić information content (AvgIpc) is 2.85. The third kappa shape index (κ3) is 7.17. The van der Waals surface area contributed by atoms with Gasteiger partial charge in [0.15, 0.2) is 0 Å². The molecule has 0 bridgehead atoms. The van der Waals surface area contributed by atoms with Gasteiger partial charge in [0, 0.05) is 43.8 Å². The van der Waals surface area contributed by atoms with Crippen molar-refractivity contribution in [2.24, 2.45) is 0 Å². The zero-order chi connectivity index (χ0) is 23.8. The van der Waals surface area contributed by atoms with Gasteiger partial charge in [-0.25, -0.2) is 4.98 Å². The molecular weight excluding hydrogens is 444 g/mol. The fourth-order valence-corrected chi connectivity index (χ4v) is 4.68. The molecule has 0 aliphatic carbocycles. The lowest BCUT2D eigenvalue weighted by Gasteiger charge is -2.34. The zero-order valence-electron chi connectivity index (χ0n) is 19.4. The number of aryl methyl sites for hydroxylation is 1. The molecular formula is C27H30N4O2S. The van der Waals surface area contributed by atoms with Crippen LogP contribution in [0.15, 0.2) is 78.0 Å². The predicted octanol–water partition coefficient (Wildman–Crippen LogP) is 4.01. The van der Waals surface area contributed by atoms with Crippen molar-refractivity contribution in [2.45, 2.75) is 24.1 Å². The maximum atomic E-state index is 12.6. The third-order valence-electron chi connectivity index (χ3n) is 5.80. The standard InChI is InChI=1S/C27H30N4O2S/c1-21-8-10-22(11-9-21)18-27(33)31-15-13-30(14-16-31)19-25(32)29-24-6-4-5-23(17-24)20-34-26-7-2-3-12-28-26/h2-12,17H,13-16,18-20H2,1H3,(H,29,32). The monoisotopic (exact) mass is 474 g/mol. The van der Waals surface area contributed by atoms with Crippen molar-refractivity contribution >= 4 is 29.3 Å². The SMILES string of the molecule is Cc1ccc(CC(=O)N2CCN(CC(=O)Nc3cccc(CSc4ccccn4)c3)CC2)cc1. The number of piperazine rings is 1.